The van der Waals surface area contributed by atoms with Gasteiger partial charge in [-0.05, 0) is 36.4 Å². The first-order valence-electron chi connectivity index (χ1n) is 8.37. The summed E-state index contributed by atoms with van der Waals surface area (Å²) in [4.78, 5) is 26.4. The molecule has 2 heterocycles. The summed E-state index contributed by atoms with van der Waals surface area (Å²) in [6.07, 6.45) is -0.160. The lowest BCUT2D eigenvalue weighted by Crippen LogP contribution is -2.56. The molecule has 0 spiro atoms. The van der Waals surface area contributed by atoms with Crippen molar-refractivity contribution in [3.05, 3.63) is 69.5 Å². The van der Waals surface area contributed by atoms with Crippen LogP contribution in [0, 0.1) is 0 Å². The fraction of sp³-hybridized carbons (Fsp3) is 0.200. The third-order valence-electron chi connectivity index (χ3n) is 4.42. The Kier molecular flexibility index (Phi) is 4.49. The van der Waals surface area contributed by atoms with Gasteiger partial charge in [0.05, 0.1) is 20.2 Å². The third kappa shape index (κ3) is 3.36. The predicted molar refractivity (Wildman–Crippen MR) is 101 cm³/mol. The summed E-state index contributed by atoms with van der Waals surface area (Å²) in [6.45, 7) is 0.758. The largest absolute Gasteiger partial charge is 0.493 e. The Bertz CT molecular complexity index is 1070. The molecule has 0 saturated carbocycles. The van der Waals surface area contributed by atoms with E-state index in [2.05, 4.69) is 0 Å². The maximum absolute atomic E-state index is 12.7. The molecule has 1 amide bonds. The summed E-state index contributed by atoms with van der Waals surface area (Å²) >= 11 is 5.97. The van der Waals surface area contributed by atoms with Crippen LogP contribution in [0.15, 0.2) is 57.7 Å². The highest BCUT2D eigenvalue weighted by molar-refractivity contribution is 6.31. The van der Waals surface area contributed by atoms with E-state index in [1.165, 1.54) is 6.07 Å². The lowest BCUT2D eigenvalue weighted by atomic mass is 10.1. The minimum Gasteiger partial charge on any atom is -0.493 e. The van der Waals surface area contributed by atoms with Gasteiger partial charge in [-0.1, -0.05) is 23.7 Å². The van der Waals surface area contributed by atoms with Gasteiger partial charge in [-0.3, -0.25) is 4.79 Å². The van der Waals surface area contributed by atoms with Crippen LogP contribution >= 0.6 is 11.6 Å². The third-order valence-corrected chi connectivity index (χ3v) is 4.66. The van der Waals surface area contributed by atoms with Crippen molar-refractivity contribution in [1.29, 1.82) is 0 Å². The van der Waals surface area contributed by atoms with Crippen molar-refractivity contribution in [3.63, 3.8) is 0 Å². The lowest BCUT2D eigenvalue weighted by Gasteiger charge is -2.38. The van der Waals surface area contributed by atoms with Crippen LogP contribution in [-0.4, -0.2) is 37.1 Å². The Labute approximate surface area is 159 Å². The molecule has 0 unspecified atom stereocenters. The number of nitrogens with zero attached hydrogens (tertiary/aromatic N) is 1. The number of fused-ring (bicyclic) bond motifs is 1. The summed E-state index contributed by atoms with van der Waals surface area (Å²) in [5.74, 6) is 0.872. The lowest BCUT2D eigenvalue weighted by molar-refractivity contribution is 0.0166. The monoisotopic (exact) mass is 385 g/mol. The van der Waals surface area contributed by atoms with E-state index in [0.717, 1.165) is 0 Å². The normalized spacial score (nSPS) is 14.1. The van der Waals surface area contributed by atoms with E-state index in [0.29, 0.717) is 40.6 Å². The molecule has 138 valence electrons. The molecule has 1 aromatic heterocycles. The Morgan fingerprint density at radius 1 is 1.15 bits per heavy atom. The van der Waals surface area contributed by atoms with Crippen LogP contribution in [0.1, 0.15) is 10.4 Å². The topological polar surface area (TPSA) is 69.0 Å². The van der Waals surface area contributed by atoms with E-state index in [1.54, 1.807) is 30.2 Å². The fourth-order valence-corrected chi connectivity index (χ4v) is 3.17. The highest BCUT2D eigenvalue weighted by Gasteiger charge is 2.34. The van der Waals surface area contributed by atoms with Gasteiger partial charge in [-0.15, -0.1) is 0 Å². The molecule has 0 bridgehead atoms. The summed E-state index contributed by atoms with van der Waals surface area (Å²) in [5.41, 5.74) is -0.286. The van der Waals surface area contributed by atoms with Gasteiger partial charge < -0.3 is 18.8 Å². The molecular weight excluding hydrogens is 370 g/mol. The van der Waals surface area contributed by atoms with E-state index in [9.17, 15) is 9.59 Å². The first-order valence-corrected chi connectivity index (χ1v) is 8.75. The van der Waals surface area contributed by atoms with E-state index >= 15 is 0 Å². The van der Waals surface area contributed by atoms with Crippen molar-refractivity contribution in [2.45, 2.75) is 6.10 Å². The molecule has 6 nitrogen and oxygen atoms in total. The van der Waals surface area contributed by atoms with Crippen LogP contribution in [0.25, 0.3) is 11.0 Å². The highest BCUT2D eigenvalue weighted by atomic mass is 35.5. The van der Waals surface area contributed by atoms with E-state index < -0.39 is 5.63 Å². The summed E-state index contributed by atoms with van der Waals surface area (Å²) in [5, 5.41) is 1.11. The summed E-state index contributed by atoms with van der Waals surface area (Å²) < 4.78 is 16.4. The zero-order valence-corrected chi connectivity index (χ0v) is 15.2. The van der Waals surface area contributed by atoms with Gasteiger partial charge >= 0.3 is 5.63 Å². The molecule has 4 rings (SSSR count). The van der Waals surface area contributed by atoms with Gasteiger partial charge in [0.25, 0.3) is 5.91 Å². The van der Waals surface area contributed by atoms with Crippen molar-refractivity contribution in [2.24, 2.45) is 0 Å². The molecule has 0 radical (unpaired) electrons. The van der Waals surface area contributed by atoms with Crippen molar-refractivity contribution >= 4 is 28.5 Å². The molecule has 1 fully saturated rings. The second-order valence-corrected chi connectivity index (χ2v) is 6.67. The van der Waals surface area contributed by atoms with Crippen LogP contribution in [0.3, 0.4) is 0 Å². The molecule has 0 N–H and O–H groups in total. The number of hydrogen-bond donors (Lipinski definition) is 0. The number of carbonyl (C=O) groups is 1. The van der Waals surface area contributed by atoms with E-state index in [1.807, 2.05) is 24.3 Å². The van der Waals surface area contributed by atoms with Gasteiger partial charge in [0, 0.05) is 10.4 Å². The van der Waals surface area contributed by atoms with Crippen LogP contribution in [0.5, 0.6) is 11.5 Å². The summed E-state index contributed by atoms with van der Waals surface area (Å²) in [7, 11) is 1.57. The summed E-state index contributed by atoms with van der Waals surface area (Å²) in [6, 6.07) is 13.7. The van der Waals surface area contributed by atoms with Crippen LogP contribution in [-0.2, 0) is 0 Å². The smallest absolute Gasteiger partial charge is 0.349 e. The van der Waals surface area contributed by atoms with Crippen molar-refractivity contribution in [1.82, 2.24) is 4.90 Å². The molecular formula is C20H16ClNO5. The molecule has 0 aliphatic carbocycles. The van der Waals surface area contributed by atoms with Crippen molar-refractivity contribution in [3.8, 4) is 11.5 Å². The maximum Gasteiger partial charge on any atom is 0.349 e. The van der Waals surface area contributed by atoms with Crippen LogP contribution in [0.2, 0.25) is 5.02 Å². The Hall–Kier alpha value is -2.99. The first-order chi connectivity index (χ1) is 13.0. The Morgan fingerprint density at radius 2 is 1.89 bits per heavy atom. The zero-order valence-electron chi connectivity index (χ0n) is 14.5. The molecule has 1 aliphatic heterocycles. The quantitative estimate of drug-likeness (QED) is 0.644. The van der Waals surface area contributed by atoms with Crippen LogP contribution in [0.4, 0.5) is 0 Å². The molecule has 3 aromatic rings. The van der Waals surface area contributed by atoms with Gasteiger partial charge in [-0.2, -0.15) is 0 Å². The molecule has 1 saturated heterocycles. The van der Waals surface area contributed by atoms with E-state index in [-0.39, 0.29) is 17.6 Å². The van der Waals surface area contributed by atoms with Crippen LogP contribution < -0.4 is 15.1 Å². The number of methoxy groups -OCH3 is 1. The Balaban J connectivity index is 1.48. The SMILES string of the molecule is COc1ccccc1OC1CN(C(=O)c2cc3cc(Cl)ccc3oc2=O)C1. The number of carbonyl (C=O) groups excluding carboxylic acids is 1. The highest BCUT2D eigenvalue weighted by Crippen LogP contribution is 2.29. The number of likely N-dealkylation sites (tertiary alicyclic amines) is 1. The minimum atomic E-state index is -0.663. The second kappa shape index (κ2) is 6.96. The minimum absolute atomic E-state index is 0.0134. The number of para-hydroxylation sites is 2. The predicted octanol–water partition coefficient (Wildman–Crippen LogP) is 3.36. The molecule has 27 heavy (non-hydrogen) atoms. The van der Waals surface area contributed by atoms with Crippen molar-refractivity contribution < 1.29 is 18.7 Å². The first kappa shape index (κ1) is 17.4. The number of rotatable bonds is 4. The molecule has 2 aromatic carbocycles. The van der Waals surface area contributed by atoms with Gasteiger partial charge in [0.2, 0.25) is 0 Å². The fourth-order valence-electron chi connectivity index (χ4n) is 2.99. The van der Waals surface area contributed by atoms with Gasteiger partial charge in [0.1, 0.15) is 17.3 Å². The standard InChI is InChI=1S/C20H16ClNO5/c1-25-17-4-2-3-5-18(17)26-14-10-22(11-14)19(23)15-9-12-8-13(21)6-7-16(12)27-20(15)24/h2-9,14H,10-11H2,1H3. The van der Waals surface area contributed by atoms with Gasteiger partial charge in [0.15, 0.2) is 11.5 Å². The molecule has 0 atom stereocenters. The molecule has 7 heteroatoms. The number of halogens is 1. The second-order valence-electron chi connectivity index (χ2n) is 6.23. The Morgan fingerprint density at radius 3 is 2.63 bits per heavy atom. The average molecular weight is 386 g/mol. The average Bonchev–Trinajstić information content (AvgIpc) is 2.64. The maximum atomic E-state index is 12.7. The van der Waals surface area contributed by atoms with E-state index in [4.69, 9.17) is 25.5 Å². The number of benzene rings is 2. The zero-order chi connectivity index (χ0) is 19.0. The van der Waals surface area contributed by atoms with Crippen molar-refractivity contribution in [2.75, 3.05) is 20.2 Å². The molecule has 1 aliphatic rings. The number of amides is 1. The number of hydrogen-bond acceptors (Lipinski definition) is 5. The number of ether oxygens (including phenoxy) is 2. The van der Waals surface area contributed by atoms with Gasteiger partial charge in [-0.25, -0.2) is 4.79 Å².